The summed E-state index contributed by atoms with van der Waals surface area (Å²) < 4.78 is 0.930. The summed E-state index contributed by atoms with van der Waals surface area (Å²) in [5.41, 5.74) is 0.615. The summed E-state index contributed by atoms with van der Waals surface area (Å²) in [7, 11) is 0. The van der Waals surface area contributed by atoms with Crippen molar-refractivity contribution in [1.29, 1.82) is 0 Å². The molecule has 0 radical (unpaired) electrons. The largest absolute Gasteiger partial charge is 0.353 e. The molecule has 1 saturated carbocycles. The van der Waals surface area contributed by atoms with Crippen LogP contribution in [0.4, 0.5) is 0 Å². The van der Waals surface area contributed by atoms with Crippen LogP contribution in [-0.2, 0) is 4.79 Å². The van der Waals surface area contributed by atoms with Gasteiger partial charge in [0.1, 0.15) is 0 Å². The van der Waals surface area contributed by atoms with Crippen molar-refractivity contribution in [2.75, 3.05) is 0 Å². The van der Waals surface area contributed by atoms with Gasteiger partial charge in [-0.3, -0.25) is 9.59 Å². The molecule has 0 aliphatic heterocycles. The van der Waals surface area contributed by atoms with Crippen LogP contribution in [0.15, 0.2) is 28.7 Å². The maximum atomic E-state index is 12.3. The van der Waals surface area contributed by atoms with Crippen molar-refractivity contribution in [2.45, 2.75) is 49.9 Å². The number of halogens is 2. The number of Topliss-reactive ketones (excluding diaryl/α,β-unsaturated/α-hetero) is 1. The number of alkyl halides is 1. The van der Waals surface area contributed by atoms with E-state index in [1.54, 1.807) is 12.1 Å². The fourth-order valence-corrected chi connectivity index (χ4v) is 3.56. The van der Waals surface area contributed by atoms with E-state index in [4.69, 9.17) is 0 Å². The lowest BCUT2D eigenvalue weighted by molar-refractivity contribution is -0.121. The van der Waals surface area contributed by atoms with Crippen LogP contribution in [0.25, 0.3) is 0 Å². The summed E-state index contributed by atoms with van der Waals surface area (Å²) in [5, 5.41) is 3.06. The first-order valence-corrected chi connectivity index (χ1v) is 9.39. The van der Waals surface area contributed by atoms with E-state index in [0.29, 0.717) is 5.56 Å². The second-order valence-electron chi connectivity index (χ2n) is 6.07. The number of benzene rings is 1. The van der Waals surface area contributed by atoms with Crippen molar-refractivity contribution in [2.24, 2.45) is 5.92 Å². The molecule has 1 unspecified atom stereocenters. The summed E-state index contributed by atoms with van der Waals surface area (Å²) in [6, 6.07) is 7.46. The molecule has 0 spiro atoms. The highest BCUT2D eigenvalue weighted by atomic mass is 79.9. The Hall–Kier alpha value is -0.680. The predicted octanol–water partition coefficient (Wildman–Crippen LogP) is 4.48. The summed E-state index contributed by atoms with van der Waals surface area (Å²) in [5.74, 6) is 0.655. The molecule has 0 aromatic heterocycles. The Morgan fingerprint density at radius 2 is 1.77 bits per heavy atom. The van der Waals surface area contributed by atoms with Gasteiger partial charge in [0.2, 0.25) is 5.91 Å². The molecule has 1 fully saturated rings. The van der Waals surface area contributed by atoms with Crippen molar-refractivity contribution in [3.05, 3.63) is 34.3 Å². The zero-order valence-corrected chi connectivity index (χ0v) is 15.8. The minimum Gasteiger partial charge on any atom is -0.353 e. The first-order chi connectivity index (χ1) is 10.5. The van der Waals surface area contributed by atoms with Crippen LogP contribution >= 0.6 is 31.9 Å². The maximum Gasteiger partial charge on any atom is 0.221 e. The van der Waals surface area contributed by atoms with Crippen LogP contribution in [-0.4, -0.2) is 22.6 Å². The molecule has 120 valence electrons. The molecule has 22 heavy (non-hydrogen) atoms. The van der Waals surface area contributed by atoms with E-state index in [2.05, 4.69) is 44.1 Å². The molecular weight excluding hydrogens is 410 g/mol. The van der Waals surface area contributed by atoms with Crippen LogP contribution in [0.3, 0.4) is 0 Å². The number of hydrogen-bond donors (Lipinski definition) is 1. The smallest absolute Gasteiger partial charge is 0.221 e. The number of amides is 1. The molecule has 1 aromatic carbocycles. The number of carbonyl (C=O) groups excluding carboxylic acids is 2. The highest BCUT2D eigenvalue weighted by Gasteiger charge is 2.23. The van der Waals surface area contributed by atoms with Gasteiger partial charge in [-0.1, -0.05) is 50.9 Å². The van der Waals surface area contributed by atoms with Crippen molar-refractivity contribution >= 4 is 43.6 Å². The fraction of sp³-hybridized carbons (Fsp3) is 0.529. The molecule has 1 N–H and O–H groups in total. The summed E-state index contributed by atoms with van der Waals surface area (Å²) in [4.78, 5) is 23.9. The Balaban J connectivity index is 1.83. The van der Waals surface area contributed by atoms with Gasteiger partial charge in [0.25, 0.3) is 0 Å². The van der Waals surface area contributed by atoms with Crippen LogP contribution in [0, 0.1) is 5.92 Å². The topological polar surface area (TPSA) is 46.2 Å². The van der Waals surface area contributed by atoms with Crippen molar-refractivity contribution < 1.29 is 9.59 Å². The second-order valence-corrected chi connectivity index (χ2v) is 8.09. The zero-order valence-electron chi connectivity index (χ0n) is 12.6. The molecule has 0 heterocycles. The highest BCUT2D eigenvalue weighted by Crippen LogP contribution is 2.24. The van der Waals surface area contributed by atoms with Crippen LogP contribution in [0.1, 0.15) is 49.4 Å². The molecule has 1 aliphatic rings. The van der Waals surface area contributed by atoms with Gasteiger partial charge < -0.3 is 5.32 Å². The average Bonchev–Trinajstić information content (AvgIpc) is 2.49. The van der Waals surface area contributed by atoms with Crippen molar-refractivity contribution in [3.8, 4) is 0 Å². The van der Waals surface area contributed by atoms with Gasteiger partial charge in [0.05, 0.1) is 4.83 Å². The third-order valence-electron chi connectivity index (χ3n) is 4.16. The fourth-order valence-electron chi connectivity index (χ4n) is 2.74. The number of ketones is 1. The lowest BCUT2D eigenvalue weighted by atomic mass is 9.87. The average molecular weight is 431 g/mol. The van der Waals surface area contributed by atoms with Gasteiger partial charge in [-0.15, -0.1) is 0 Å². The Labute approximate surface area is 148 Å². The molecule has 1 atom stereocenters. The maximum absolute atomic E-state index is 12.3. The molecular formula is C17H21Br2NO2. The number of hydrogen-bond acceptors (Lipinski definition) is 2. The third kappa shape index (κ3) is 5.20. The monoisotopic (exact) mass is 429 g/mol. The van der Waals surface area contributed by atoms with Gasteiger partial charge in [0, 0.05) is 22.5 Å². The Morgan fingerprint density at radius 1 is 1.18 bits per heavy atom. The van der Waals surface area contributed by atoms with E-state index in [0.717, 1.165) is 23.2 Å². The van der Waals surface area contributed by atoms with Crippen molar-refractivity contribution in [1.82, 2.24) is 5.32 Å². The molecule has 3 nitrogen and oxygen atoms in total. The molecule has 2 rings (SSSR count). The number of nitrogens with one attached hydrogen (secondary N) is 1. The quantitative estimate of drug-likeness (QED) is 0.552. The Morgan fingerprint density at radius 3 is 2.36 bits per heavy atom. The Kier molecular flexibility index (Phi) is 6.63. The number of rotatable bonds is 5. The molecule has 5 heteroatoms. The normalized spacial score (nSPS) is 22.9. The third-order valence-corrected chi connectivity index (χ3v) is 5.43. The second kappa shape index (κ2) is 8.25. The van der Waals surface area contributed by atoms with Gasteiger partial charge in [-0.2, -0.15) is 0 Å². The SMILES string of the molecule is CC1CCC(NC(=O)CC(Br)C(=O)c2ccc(Br)cc2)CC1. The number of carbonyl (C=O) groups is 2. The highest BCUT2D eigenvalue weighted by molar-refractivity contribution is 9.10. The first-order valence-electron chi connectivity index (χ1n) is 7.69. The van der Waals surface area contributed by atoms with Crippen LogP contribution < -0.4 is 5.32 Å². The van der Waals surface area contributed by atoms with Crippen LogP contribution in [0.2, 0.25) is 0 Å². The van der Waals surface area contributed by atoms with E-state index in [1.165, 1.54) is 12.8 Å². The van der Waals surface area contributed by atoms with E-state index in [9.17, 15) is 9.59 Å². The zero-order chi connectivity index (χ0) is 16.1. The molecule has 1 amide bonds. The van der Waals surface area contributed by atoms with E-state index >= 15 is 0 Å². The van der Waals surface area contributed by atoms with Gasteiger partial charge in [-0.25, -0.2) is 0 Å². The minimum atomic E-state index is -0.476. The minimum absolute atomic E-state index is 0.0492. The summed E-state index contributed by atoms with van der Waals surface area (Å²) in [6.07, 6.45) is 4.60. The molecule has 1 aromatic rings. The standard InChI is InChI=1S/C17H21Br2NO2/c1-11-2-8-14(9-3-11)20-16(21)10-15(19)17(22)12-4-6-13(18)7-5-12/h4-7,11,14-15H,2-3,8-10H2,1H3,(H,20,21). The van der Waals surface area contributed by atoms with Gasteiger partial charge >= 0.3 is 0 Å². The Bertz CT molecular complexity index is 522. The van der Waals surface area contributed by atoms with Crippen molar-refractivity contribution in [3.63, 3.8) is 0 Å². The molecule has 0 saturated heterocycles. The molecule has 0 bridgehead atoms. The lowest BCUT2D eigenvalue weighted by Crippen LogP contribution is -2.39. The van der Waals surface area contributed by atoms with Gasteiger partial charge in [0.15, 0.2) is 5.78 Å². The first kappa shape index (κ1) is 17.7. The van der Waals surface area contributed by atoms with E-state index in [-0.39, 0.29) is 24.2 Å². The predicted molar refractivity (Wildman–Crippen MR) is 95.4 cm³/mol. The summed E-state index contributed by atoms with van der Waals surface area (Å²) in [6.45, 7) is 2.25. The molecule has 1 aliphatic carbocycles. The van der Waals surface area contributed by atoms with E-state index in [1.807, 2.05) is 12.1 Å². The van der Waals surface area contributed by atoms with Gasteiger partial charge in [-0.05, 0) is 43.7 Å². The van der Waals surface area contributed by atoms with E-state index < -0.39 is 4.83 Å². The lowest BCUT2D eigenvalue weighted by Gasteiger charge is -2.27. The van der Waals surface area contributed by atoms with Crippen LogP contribution in [0.5, 0.6) is 0 Å². The summed E-state index contributed by atoms with van der Waals surface area (Å²) >= 11 is 6.70.